The van der Waals surface area contributed by atoms with Gasteiger partial charge in [0, 0.05) is 24.9 Å². The van der Waals surface area contributed by atoms with Gasteiger partial charge in [-0.1, -0.05) is 0 Å². The number of nitrogens with zero attached hydrogens (tertiary/aromatic N) is 1. The minimum Gasteiger partial charge on any atom is -0.476 e. The van der Waals surface area contributed by atoms with Gasteiger partial charge < -0.3 is 15.7 Å². The molecule has 1 heterocycles. The molecule has 1 aromatic rings. The van der Waals surface area contributed by atoms with Gasteiger partial charge in [0.15, 0.2) is 5.69 Å². The lowest BCUT2D eigenvalue weighted by Crippen LogP contribution is -2.39. The molecule has 112 valence electrons. The molecule has 0 saturated carbocycles. The first-order chi connectivity index (χ1) is 9.28. The number of carbonyl (C=O) groups excluding carboxylic acids is 1. The number of amides is 2. The van der Waals surface area contributed by atoms with E-state index in [-0.39, 0.29) is 24.5 Å². The number of rotatable bonds is 7. The third kappa shape index (κ3) is 6.45. The lowest BCUT2D eigenvalue weighted by Gasteiger charge is -2.05. The number of aromatic nitrogens is 1. The number of nitrogens with two attached hydrogens (primary N) is 1. The van der Waals surface area contributed by atoms with Crippen LogP contribution < -0.4 is 15.8 Å². The van der Waals surface area contributed by atoms with Crippen LogP contribution in [-0.4, -0.2) is 49.4 Å². The molecule has 0 bridgehead atoms. The maximum atomic E-state index is 11.3. The van der Waals surface area contributed by atoms with Gasteiger partial charge in [-0.05, 0) is 0 Å². The van der Waals surface area contributed by atoms with Crippen molar-refractivity contribution < 1.29 is 23.1 Å². The molecule has 0 radical (unpaired) electrons. The van der Waals surface area contributed by atoms with Crippen molar-refractivity contribution in [2.75, 3.05) is 18.8 Å². The number of hydrogen-bond acceptors (Lipinski definition) is 6. The fourth-order valence-corrected chi connectivity index (χ4v) is 2.33. The van der Waals surface area contributed by atoms with Crippen molar-refractivity contribution in [1.82, 2.24) is 15.6 Å². The fraction of sp³-hybridized carbons (Fsp3) is 0.444. The Balaban J connectivity index is 2.23. The van der Waals surface area contributed by atoms with Crippen molar-refractivity contribution in [3.63, 3.8) is 0 Å². The van der Waals surface area contributed by atoms with Gasteiger partial charge >= 0.3 is 12.0 Å². The summed E-state index contributed by atoms with van der Waals surface area (Å²) in [5, 5.41) is 20.3. The Bertz CT molecular complexity index is 583. The molecule has 0 unspecified atom stereocenters. The Hall–Kier alpha value is -1.72. The molecule has 1 aromatic heterocycles. The average molecular weight is 322 g/mol. The SMILES string of the molecule is NS(=O)(=O)CCNC(=O)NCCc1nc(C(=O)O)cs1. The monoisotopic (exact) mass is 322 g/mol. The lowest BCUT2D eigenvalue weighted by molar-refractivity contribution is 0.0691. The van der Waals surface area contributed by atoms with Crippen molar-refractivity contribution in [3.05, 3.63) is 16.1 Å². The van der Waals surface area contributed by atoms with Gasteiger partial charge in [0.2, 0.25) is 10.0 Å². The first kappa shape index (κ1) is 16.3. The van der Waals surface area contributed by atoms with Crippen LogP contribution in [0.25, 0.3) is 0 Å². The standard InChI is InChI=1S/C9H14N4O5S2/c10-20(17,18)4-3-12-9(16)11-2-1-7-13-6(5-19-7)8(14)15/h5H,1-4H2,(H,14,15)(H2,10,17,18)(H2,11,12,16). The minimum atomic E-state index is -3.60. The molecule has 0 aliphatic carbocycles. The molecule has 20 heavy (non-hydrogen) atoms. The smallest absolute Gasteiger partial charge is 0.355 e. The van der Waals surface area contributed by atoms with Gasteiger partial charge in [0.05, 0.1) is 10.8 Å². The summed E-state index contributed by atoms with van der Waals surface area (Å²) < 4.78 is 21.2. The van der Waals surface area contributed by atoms with E-state index in [1.807, 2.05) is 0 Å². The number of aromatic carboxylic acids is 1. The van der Waals surface area contributed by atoms with Gasteiger partial charge in [0.25, 0.3) is 0 Å². The van der Waals surface area contributed by atoms with Crippen LogP contribution in [0.3, 0.4) is 0 Å². The molecular weight excluding hydrogens is 308 g/mol. The van der Waals surface area contributed by atoms with Crippen LogP contribution in [-0.2, 0) is 16.4 Å². The molecule has 0 saturated heterocycles. The number of nitrogens with one attached hydrogen (secondary N) is 2. The van der Waals surface area contributed by atoms with Crippen LogP contribution in [0, 0.1) is 0 Å². The summed E-state index contributed by atoms with van der Waals surface area (Å²) in [5.74, 6) is -1.43. The zero-order chi connectivity index (χ0) is 15.2. The Kier molecular flexibility index (Phi) is 5.85. The van der Waals surface area contributed by atoms with Gasteiger partial charge in [-0.15, -0.1) is 11.3 Å². The Morgan fingerprint density at radius 1 is 1.35 bits per heavy atom. The van der Waals surface area contributed by atoms with E-state index in [1.165, 1.54) is 16.7 Å². The molecule has 2 amide bonds. The summed E-state index contributed by atoms with van der Waals surface area (Å²) in [7, 11) is -3.60. The second-order valence-electron chi connectivity index (χ2n) is 3.73. The van der Waals surface area contributed by atoms with Gasteiger partial charge in [-0.3, -0.25) is 0 Å². The number of hydrogen-bond donors (Lipinski definition) is 4. The summed E-state index contributed by atoms with van der Waals surface area (Å²) >= 11 is 1.19. The number of thiazole rings is 1. The van der Waals surface area contributed by atoms with Crippen molar-refractivity contribution in [1.29, 1.82) is 0 Å². The molecule has 0 spiro atoms. The van der Waals surface area contributed by atoms with E-state index >= 15 is 0 Å². The molecule has 5 N–H and O–H groups in total. The molecule has 11 heteroatoms. The van der Waals surface area contributed by atoms with Gasteiger partial charge in [-0.25, -0.2) is 28.1 Å². The van der Waals surface area contributed by atoms with Gasteiger partial charge in [0.1, 0.15) is 0 Å². The third-order valence-corrected chi connectivity index (χ3v) is 3.75. The minimum absolute atomic E-state index is 0.0254. The highest BCUT2D eigenvalue weighted by atomic mass is 32.2. The maximum absolute atomic E-state index is 11.3. The summed E-state index contributed by atoms with van der Waals surface area (Å²) in [5.41, 5.74) is -0.0254. The van der Waals surface area contributed by atoms with Crippen molar-refractivity contribution >= 4 is 33.4 Å². The lowest BCUT2D eigenvalue weighted by atomic mass is 10.4. The molecule has 9 nitrogen and oxygen atoms in total. The number of primary sulfonamides is 1. The largest absolute Gasteiger partial charge is 0.476 e. The highest BCUT2D eigenvalue weighted by molar-refractivity contribution is 7.89. The van der Waals surface area contributed by atoms with Crippen molar-refractivity contribution in [2.45, 2.75) is 6.42 Å². The topological polar surface area (TPSA) is 151 Å². The van der Waals surface area contributed by atoms with E-state index in [1.54, 1.807) is 0 Å². The van der Waals surface area contributed by atoms with E-state index in [2.05, 4.69) is 15.6 Å². The number of carboxylic acids is 1. The molecular formula is C9H14N4O5S2. The summed E-state index contributed by atoms with van der Waals surface area (Å²) in [6.45, 7) is 0.179. The maximum Gasteiger partial charge on any atom is 0.355 e. The van der Waals surface area contributed by atoms with Crippen LogP contribution in [0.5, 0.6) is 0 Å². The zero-order valence-electron chi connectivity index (χ0n) is 10.3. The van der Waals surface area contributed by atoms with E-state index in [0.29, 0.717) is 11.4 Å². The predicted octanol–water partition coefficient (Wildman–Crippen LogP) is -1.03. The molecule has 0 fully saturated rings. The highest BCUT2D eigenvalue weighted by Crippen LogP contribution is 2.09. The van der Waals surface area contributed by atoms with Crippen molar-refractivity contribution in [2.24, 2.45) is 5.14 Å². The predicted molar refractivity (Wildman–Crippen MR) is 72.2 cm³/mol. The fourth-order valence-electron chi connectivity index (χ4n) is 1.18. The summed E-state index contributed by atoms with van der Waals surface area (Å²) in [6.07, 6.45) is 0.389. The highest BCUT2D eigenvalue weighted by Gasteiger charge is 2.09. The van der Waals surface area contributed by atoms with Crippen molar-refractivity contribution in [3.8, 4) is 0 Å². The van der Waals surface area contributed by atoms with E-state index in [4.69, 9.17) is 10.2 Å². The molecule has 1 rings (SSSR count). The number of sulfonamides is 1. The van der Waals surface area contributed by atoms with E-state index < -0.39 is 22.0 Å². The Morgan fingerprint density at radius 3 is 2.55 bits per heavy atom. The summed E-state index contributed by atoms with van der Waals surface area (Å²) in [6, 6.07) is -0.524. The van der Waals surface area contributed by atoms with Gasteiger partial charge in [-0.2, -0.15) is 0 Å². The third-order valence-electron chi connectivity index (χ3n) is 2.07. The molecule has 0 atom stereocenters. The van der Waals surface area contributed by atoms with Crippen LogP contribution in [0.4, 0.5) is 4.79 Å². The zero-order valence-corrected chi connectivity index (χ0v) is 12.0. The van der Waals surface area contributed by atoms with E-state index in [0.717, 1.165) is 0 Å². The summed E-state index contributed by atoms with van der Waals surface area (Å²) in [4.78, 5) is 25.7. The average Bonchev–Trinajstić information content (AvgIpc) is 2.76. The molecule has 0 aliphatic heterocycles. The quantitative estimate of drug-likeness (QED) is 0.504. The van der Waals surface area contributed by atoms with Crippen LogP contribution in [0.15, 0.2) is 5.38 Å². The van der Waals surface area contributed by atoms with Crippen LogP contribution in [0.1, 0.15) is 15.5 Å². The number of urea groups is 1. The van der Waals surface area contributed by atoms with Crippen LogP contribution in [0.2, 0.25) is 0 Å². The number of carbonyl (C=O) groups is 2. The van der Waals surface area contributed by atoms with E-state index in [9.17, 15) is 18.0 Å². The normalized spacial score (nSPS) is 11.1. The second-order valence-corrected chi connectivity index (χ2v) is 6.41. The van der Waals surface area contributed by atoms with Crippen LogP contribution >= 0.6 is 11.3 Å². The first-order valence-electron chi connectivity index (χ1n) is 5.48. The first-order valence-corrected chi connectivity index (χ1v) is 8.07. The molecule has 0 aliphatic rings. The molecule has 0 aromatic carbocycles. The number of carboxylic acid groups (broad SMARTS) is 1. The Morgan fingerprint density at radius 2 is 2.00 bits per heavy atom. The second kappa shape index (κ2) is 7.17. The Labute approximate surface area is 119 Å².